The van der Waals surface area contributed by atoms with Gasteiger partial charge in [-0.1, -0.05) is 25.2 Å². The zero-order valence-corrected chi connectivity index (χ0v) is 11.8. The number of nitrogens with zero attached hydrogens (tertiary/aromatic N) is 5. The summed E-state index contributed by atoms with van der Waals surface area (Å²) >= 11 is 2.78. The summed E-state index contributed by atoms with van der Waals surface area (Å²) in [6.45, 7) is 6.08. The van der Waals surface area contributed by atoms with Crippen molar-refractivity contribution >= 4 is 32.8 Å². The van der Waals surface area contributed by atoms with Gasteiger partial charge in [0, 0.05) is 5.92 Å². The van der Waals surface area contributed by atoms with Crippen LogP contribution in [0.4, 0.5) is 5.00 Å². The largest absolute Gasteiger partial charge is 0.389 e. The SMILES string of the molecule is Cc1nsc(N)c1-c1nn2c(C(C)C)nnc2s1. The summed E-state index contributed by atoms with van der Waals surface area (Å²) in [6, 6.07) is 0. The Kier molecular flexibility index (Phi) is 2.56. The highest BCUT2D eigenvalue weighted by atomic mass is 32.1. The van der Waals surface area contributed by atoms with E-state index in [1.54, 1.807) is 4.52 Å². The summed E-state index contributed by atoms with van der Waals surface area (Å²) < 4.78 is 6.04. The first-order valence-corrected chi connectivity index (χ1v) is 7.11. The van der Waals surface area contributed by atoms with Crippen molar-refractivity contribution in [2.24, 2.45) is 0 Å². The third kappa shape index (κ3) is 1.60. The molecule has 3 heterocycles. The summed E-state index contributed by atoms with van der Waals surface area (Å²) in [4.78, 5) is 0.790. The van der Waals surface area contributed by atoms with Crippen molar-refractivity contribution in [2.75, 3.05) is 5.73 Å². The zero-order chi connectivity index (χ0) is 12.9. The van der Waals surface area contributed by atoms with E-state index >= 15 is 0 Å². The average molecular weight is 280 g/mol. The molecule has 8 heteroatoms. The van der Waals surface area contributed by atoms with Crippen molar-refractivity contribution < 1.29 is 0 Å². The van der Waals surface area contributed by atoms with Gasteiger partial charge < -0.3 is 5.73 Å². The Morgan fingerprint density at radius 1 is 1.28 bits per heavy atom. The number of anilines is 1. The van der Waals surface area contributed by atoms with Gasteiger partial charge in [0.15, 0.2) is 10.8 Å². The maximum atomic E-state index is 5.94. The van der Waals surface area contributed by atoms with Crippen LogP contribution in [0, 0.1) is 6.92 Å². The van der Waals surface area contributed by atoms with E-state index in [0.717, 1.165) is 27.1 Å². The number of hydrogen-bond acceptors (Lipinski definition) is 7. The summed E-state index contributed by atoms with van der Waals surface area (Å²) in [7, 11) is 0. The fourth-order valence-electron chi connectivity index (χ4n) is 1.74. The minimum Gasteiger partial charge on any atom is -0.389 e. The molecule has 0 saturated heterocycles. The minimum atomic E-state index is 0.286. The van der Waals surface area contributed by atoms with Gasteiger partial charge in [-0.15, -0.1) is 10.2 Å². The van der Waals surface area contributed by atoms with Crippen molar-refractivity contribution in [3.8, 4) is 10.6 Å². The number of hydrogen-bond donors (Lipinski definition) is 1. The van der Waals surface area contributed by atoms with Gasteiger partial charge in [0.05, 0.1) is 11.3 Å². The number of rotatable bonds is 2. The topological polar surface area (TPSA) is 82.0 Å². The van der Waals surface area contributed by atoms with Gasteiger partial charge in [-0.2, -0.15) is 14.0 Å². The Balaban J connectivity index is 2.20. The van der Waals surface area contributed by atoms with Crippen molar-refractivity contribution in [3.05, 3.63) is 11.5 Å². The highest BCUT2D eigenvalue weighted by molar-refractivity contribution is 7.20. The van der Waals surface area contributed by atoms with Gasteiger partial charge in [-0.25, -0.2) is 0 Å². The summed E-state index contributed by atoms with van der Waals surface area (Å²) in [5.74, 6) is 1.15. The monoisotopic (exact) mass is 280 g/mol. The lowest BCUT2D eigenvalue weighted by molar-refractivity contribution is 0.727. The minimum absolute atomic E-state index is 0.286. The van der Waals surface area contributed by atoms with Crippen LogP contribution in [0.15, 0.2) is 0 Å². The third-order valence-electron chi connectivity index (χ3n) is 2.63. The first-order chi connectivity index (χ1) is 8.58. The summed E-state index contributed by atoms with van der Waals surface area (Å²) in [5.41, 5.74) is 7.77. The summed E-state index contributed by atoms with van der Waals surface area (Å²) in [6.07, 6.45) is 0. The highest BCUT2D eigenvalue weighted by Gasteiger charge is 2.19. The predicted octanol–water partition coefficient (Wildman–Crippen LogP) is 2.32. The predicted molar refractivity (Wildman–Crippen MR) is 73.0 cm³/mol. The van der Waals surface area contributed by atoms with E-state index in [-0.39, 0.29) is 5.92 Å². The Morgan fingerprint density at radius 3 is 2.67 bits per heavy atom. The smallest absolute Gasteiger partial charge is 0.234 e. The molecule has 0 bridgehead atoms. The molecule has 3 aromatic heterocycles. The standard InChI is InChI=1S/C10H12N6S2/c1-4(2)8-12-13-10-16(8)14-9(17-10)6-5(3)15-18-7(6)11/h4H,11H2,1-3H3. The highest BCUT2D eigenvalue weighted by Crippen LogP contribution is 2.35. The zero-order valence-electron chi connectivity index (χ0n) is 10.2. The first-order valence-electron chi connectivity index (χ1n) is 5.52. The van der Waals surface area contributed by atoms with Crippen LogP contribution in [0.5, 0.6) is 0 Å². The van der Waals surface area contributed by atoms with E-state index < -0.39 is 0 Å². The molecule has 0 aliphatic carbocycles. The Hall–Kier alpha value is -1.54. The van der Waals surface area contributed by atoms with Gasteiger partial charge >= 0.3 is 0 Å². The number of aryl methyl sites for hydroxylation is 1. The molecule has 3 aromatic rings. The van der Waals surface area contributed by atoms with Crippen molar-refractivity contribution in [3.63, 3.8) is 0 Å². The molecule has 0 atom stereocenters. The second-order valence-electron chi connectivity index (χ2n) is 4.32. The molecule has 0 fully saturated rings. The maximum absolute atomic E-state index is 5.94. The van der Waals surface area contributed by atoms with Gasteiger partial charge in [0.2, 0.25) is 4.96 Å². The molecule has 0 saturated carbocycles. The van der Waals surface area contributed by atoms with Crippen LogP contribution in [0.2, 0.25) is 0 Å². The van der Waals surface area contributed by atoms with Gasteiger partial charge in [-0.3, -0.25) is 0 Å². The molecule has 0 unspecified atom stereocenters. The van der Waals surface area contributed by atoms with Crippen LogP contribution in [0.3, 0.4) is 0 Å². The van der Waals surface area contributed by atoms with Gasteiger partial charge in [0.1, 0.15) is 5.00 Å². The van der Waals surface area contributed by atoms with E-state index in [9.17, 15) is 0 Å². The van der Waals surface area contributed by atoms with Gasteiger partial charge in [-0.05, 0) is 18.5 Å². The Morgan fingerprint density at radius 2 is 2.06 bits per heavy atom. The molecule has 6 nitrogen and oxygen atoms in total. The third-order valence-corrected chi connectivity index (χ3v) is 4.32. The van der Waals surface area contributed by atoms with Crippen LogP contribution in [-0.2, 0) is 0 Å². The van der Waals surface area contributed by atoms with Crippen molar-refractivity contribution in [1.82, 2.24) is 24.2 Å². The number of fused-ring (bicyclic) bond motifs is 1. The van der Waals surface area contributed by atoms with Crippen LogP contribution >= 0.6 is 22.9 Å². The molecule has 3 rings (SSSR count). The second-order valence-corrected chi connectivity index (χ2v) is 6.08. The molecule has 0 aromatic carbocycles. The lowest BCUT2D eigenvalue weighted by Gasteiger charge is -1.98. The molecule has 0 aliphatic heterocycles. The van der Waals surface area contributed by atoms with Gasteiger partial charge in [0.25, 0.3) is 0 Å². The van der Waals surface area contributed by atoms with E-state index in [1.165, 1.54) is 22.9 Å². The van der Waals surface area contributed by atoms with Crippen molar-refractivity contribution in [2.45, 2.75) is 26.7 Å². The van der Waals surface area contributed by atoms with E-state index in [0.29, 0.717) is 5.00 Å². The second kappa shape index (κ2) is 3.99. The van der Waals surface area contributed by atoms with Crippen LogP contribution in [0.1, 0.15) is 31.3 Å². The van der Waals surface area contributed by atoms with Crippen LogP contribution < -0.4 is 5.73 Å². The maximum Gasteiger partial charge on any atom is 0.234 e. The lowest BCUT2D eigenvalue weighted by atomic mass is 10.2. The molecular formula is C10H12N6S2. The van der Waals surface area contributed by atoms with Crippen LogP contribution in [-0.4, -0.2) is 24.2 Å². The normalized spacial score (nSPS) is 11.8. The van der Waals surface area contributed by atoms with E-state index in [1.807, 2.05) is 6.92 Å². The Labute approximate surface area is 112 Å². The number of aromatic nitrogens is 5. The summed E-state index contributed by atoms with van der Waals surface area (Å²) in [5, 5.41) is 14.4. The molecule has 0 radical (unpaired) electrons. The van der Waals surface area contributed by atoms with Crippen LogP contribution in [0.25, 0.3) is 15.5 Å². The lowest BCUT2D eigenvalue weighted by Crippen LogP contribution is -1.98. The molecular weight excluding hydrogens is 268 g/mol. The average Bonchev–Trinajstić information content (AvgIpc) is 2.92. The molecule has 94 valence electrons. The molecule has 0 spiro atoms. The molecule has 0 aliphatic rings. The quantitative estimate of drug-likeness (QED) is 0.779. The fourth-order valence-corrected chi connectivity index (χ4v) is 3.42. The Bertz CT molecular complexity index is 688. The molecule has 0 amide bonds. The molecule has 18 heavy (non-hydrogen) atoms. The number of nitrogens with two attached hydrogens (primary N) is 1. The number of nitrogen functional groups attached to an aromatic ring is 1. The fraction of sp³-hybridized carbons (Fsp3) is 0.400. The van der Waals surface area contributed by atoms with Crippen molar-refractivity contribution in [1.29, 1.82) is 0 Å². The van der Waals surface area contributed by atoms with E-state index in [2.05, 4.69) is 33.5 Å². The first kappa shape index (κ1) is 11.5. The molecule has 2 N–H and O–H groups in total. The van der Waals surface area contributed by atoms with E-state index in [4.69, 9.17) is 5.73 Å².